The standard InChI is InChI=1S/C6H17N2O2P/c1-7(2)6(8(3)4)5-10-11-9/h6H,5,11H2,1-4H3. The molecule has 0 fully saturated rings. The summed E-state index contributed by atoms with van der Waals surface area (Å²) in [7, 11) is 6.78. The molecular weight excluding hydrogens is 163 g/mol. The van der Waals surface area contributed by atoms with E-state index in [1.165, 1.54) is 0 Å². The largest absolute Gasteiger partial charge is 0.329 e. The van der Waals surface area contributed by atoms with Crippen molar-refractivity contribution in [1.29, 1.82) is 0 Å². The molecule has 0 aliphatic rings. The van der Waals surface area contributed by atoms with Crippen LogP contribution in [0.1, 0.15) is 0 Å². The molecule has 0 aromatic heterocycles. The minimum absolute atomic E-state index is 0.205. The highest BCUT2D eigenvalue weighted by Crippen LogP contribution is 2.02. The predicted molar refractivity (Wildman–Crippen MR) is 47.5 cm³/mol. The summed E-state index contributed by atoms with van der Waals surface area (Å²) in [6, 6.07) is 0. The summed E-state index contributed by atoms with van der Waals surface area (Å²) in [5, 5.41) is 0. The maximum atomic E-state index is 10.1. The van der Waals surface area contributed by atoms with E-state index in [0.29, 0.717) is 6.61 Å². The van der Waals surface area contributed by atoms with Gasteiger partial charge in [-0.2, -0.15) is 0 Å². The van der Waals surface area contributed by atoms with Crippen molar-refractivity contribution < 1.29 is 9.09 Å². The number of hydrogen-bond acceptors (Lipinski definition) is 4. The summed E-state index contributed by atoms with van der Waals surface area (Å²) in [6.07, 6.45) is 0.205. The van der Waals surface area contributed by atoms with Gasteiger partial charge in [0, 0.05) is 0 Å². The zero-order valence-corrected chi connectivity index (χ0v) is 8.73. The smallest absolute Gasteiger partial charge is 0.180 e. The number of rotatable bonds is 5. The Balaban J connectivity index is 3.79. The molecule has 0 radical (unpaired) electrons. The Morgan fingerprint density at radius 1 is 1.27 bits per heavy atom. The maximum Gasteiger partial charge on any atom is 0.180 e. The molecule has 1 unspecified atom stereocenters. The van der Waals surface area contributed by atoms with Crippen molar-refractivity contribution in [2.75, 3.05) is 34.8 Å². The van der Waals surface area contributed by atoms with Crippen LogP contribution in [0.2, 0.25) is 0 Å². The molecule has 1 atom stereocenters. The van der Waals surface area contributed by atoms with E-state index < -0.39 is 8.69 Å². The van der Waals surface area contributed by atoms with Crippen molar-refractivity contribution in [3.63, 3.8) is 0 Å². The van der Waals surface area contributed by atoms with Gasteiger partial charge in [0.25, 0.3) is 0 Å². The average molecular weight is 180 g/mol. The SMILES string of the molecule is CN(C)C(CO[PH2]=O)N(C)C. The topological polar surface area (TPSA) is 32.8 Å². The highest BCUT2D eigenvalue weighted by Gasteiger charge is 2.12. The van der Waals surface area contributed by atoms with Gasteiger partial charge in [0.05, 0.1) is 12.8 Å². The average Bonchev–Trinajstić information content (AvgIpc) is 1.87. The van der Waals surface area contributed by atoms with Gasteiger partial charge < -0.3 is 4.52 Å². The van der Waals surface area contributed by atoms with Gasteiger partial charge in [-0.05, 0) is 28.2 Å². The summed E-state index contributed by atoms with van der Waals surface area (Å²) in [5.74, 6) is 0. The Bertz CT molecular complexity index is 111. The molecule has 68 valence electrons. The second-order valence-corrected chi connectivity index (χ2v) is 3.36. The lowest BCUT2D eigenvalue weighted by molar-refractivity contribution is 0.0805. The molecule has 11 heavy (non-hydrogen) atoms. The normalized spacial score (nSPS) is 13.0. The zero-order chi connectivity index (χ0) is 8.85. The number of hydrogen-bond donors (Lipinski definition) is 0. The number of likely N-dealkylation sites (N-methyl/N-ethyl adjacent to an activating group) is 2. The van der Waals surface area contributed by atoms with Gasteiger partial charge in [-0.15, -0.1) is 0 Å². The first kappa shape index (κ1) is 11.1. The van der Waals surface area contributed by atoms with E-state index in [1.807, 2.05) is 38.0 Å². The first-order chi connectivity index (χ1) is 5.09. The Labute approximate surface area is 69.4 Å². The zero-order valence-electron chi connectivity index (χ0n) is 7.57. The molecule has 0 N–H and O–H groups in total. The Morgan fingerprint density at radius 3 is 2.00 bits per heavy atom. The third kappa shape index (κ3) is 4.53. The van der Waals surface area contributed by atoms with Gasteiger partial charge in [0.2, 0.25) is 0 Å². The van der Waals surface area contributed by atoms with Crippen LogP contribution in [0.15, 0.2) is 0 Å². The predicted octanol–water partition coefficient (Wildman–Crippen LogP) is 0.124. The third-order valence-electron chi connectivity index (χ3n) is 1.51. The number of nitrogens with zero attached hydrogens (tertiary/aromatic N) is 2. The van der Waals surface area contributed by atoms with Gasteiger partial charge >= 0.3 is 0 Å². The summed E-state index contributed by atoms with van der Waals surface area (Å²) < 4.78 is 15.0. The van der Waals surface area contributed by atoms with Crippen molar-refractivity contribution in [2.45, 2.75) is 6.17 Å². The molecule has 0 saturated heterocycles. The Morgan fingerprint density at radius 2 is 1.73 bits per heavy atom. The van der Waals surface area contributed by atoms with Gasteiger partial charge in [0.15, 0.2) is 8.69 Å². The summed E-state index contributed by atoms with van der Waals surface area (Å²) in [6.45, 7) is 0.499. The van der Waals surface area contributed by atoms with Crippen LogP contribution in [0.3, 0.4) is 0 Å². The maximum absolute atomic E-state index is 10.1. The van der Waals surface area contributed by atoms with Gasteiger partial charge in [-0.1, -0.05) is 0 Å². The van der Waals surface area contributed by atoms with E-state index in [9.17, 15) is 4.57 Å². The lowest BCUT2D eigenvalue weighted by atomic mass is 10.4. The minimum atomic E-state index is -1.08. The van der Waals surface area contributed by atoms with Crippen LogP contribution in [0.5, 0.6) is 0 Å². The van der Waals surface area contributed by atoms with Crippen LogP contribution in [-0.4, -0.2) is 50.8 Å². The molecule has 4 nitrogen and oxygen atoms in total. The molecule has 0 amide bonds. The molecule has 0 aromatic carbocycles. The monoisotopic (exact) mass is 180 g/mol. The van der Waals surface area contributed by atoms with Crippen molar-refractivity contribution in [2.24, 2.45) is 0 Å². The van der Waals surface area contributed by atoms with E-state index in [4.69, 9.17) is 4.52 Å². The Hall–Kier alpha value is 0.110. The van der Waals surface area contributed by atoms with Gasteiger partial charge in [0.1, 0.15) is 0 Å². The highest BCUT2D eigenvalue weighted by molar-refractivity contribution is 7.17. The van der Waals surface area contributed by atoms with E-state index in [-0.39, 0.29) is 6.17 Å². The van der Waals surface area contributed by atoms with Crippen molar-refractivity contribution in [3.05, 3.63) is 0 Å². The van der Waals surface area contributed by atoms with Crippen LogP contribution in [0, 0.1) is 0 Å². The molecule has 0 aliphatic heterocycles. The fraction of sp³-hybridized carbons (Fsp3) is 1.00. The molecule has 0 bridgehead atoms. The van der Waals surface area contributed by atoms with E-state index in [1.54, 1.807) is 0 Å². The third-order valence-corrected chi connectivity index (χ3v) is 1.83. The highest BCUT2D eigenvalue weighted by atomic mass is 31.1. The molecule has 0 saturated carbocycles. The van der Waals surface area contributed by atoms with Gasteiger partial charge in [-0.3, -0.25) is 14.4 Å². The van der Waals surface area contributed by atoms with Crippen molar-refractivity contribution in [1.82, 2.24) is 9.80 Å². The van der Waals surface area contributed by atoms with Crippen LogP contribution < -0.4 is 0 Å². The van der Waals surface area contributed by atoms with Crippen molar-refractivity contribution >= 4 is 8.69 Å². The Kier molecular flexibility index (Phi) is 5.78. The first-order valence-corrected chi connectivity index (χ1v) is 4.42. The molecule has 5 heteroatoms. The lowest BCUT2D eigenvalue weighted by Crippen LogP contribution is -2.43. The van der Waals surface area contributed by atoms with E-state index >= 15 is 0 Å². The second-order valence-electron chi connectivity index (χ2n) is 2.84. The van der Waals surface area contributed by atoms with E-state index in [2.05, 4.69) is 0 Å². The summed E-state index contributed by atoms with van der Waals surface area (Å²) in [4.78, 5) is 4.05. The van der Waals surface area contributed by atoms with Crippen LogP contribution in [0.25, 0.3) is 0 Å². The van der Waals surface area contributed by atoms with Crippen molar-refractivity contribution in [3.8, 4) is 0 Å². The fourth-order valence-electron chi connectivity index (χ4n) is 0.885. The first-order valence-electron chi connectivity index (χ1n) is 3.47. The van der Waals surface area contributed by atoms with Gasteiger partial charge in [-0.25, -0.2) is 0 Å². The quantitative estimate of drug-likeness (QED) is 0.444. The molecular formula is C6H17N2O2P. The second kappa shape index (κ2) is 5.72. The molecule has 0 aromatic rings. The summed E-state index contributed by atoms with van der Waals surface area (Å²) in [5.41, 5.74) is 0. The summed E-state index contributed by atoms with van der Waals surface area (Å²) >= 11 is 0. The molecule has 0 rings (SSSR count). The van der Waals surface area contributed by atoms with Crippen LogP contribution in [-0.2, 0) is 9.09 Å². The minimum Gasteiger partial charge on any atom is -0.329 e. The molecule has 0 heterocycles. The molecule has 0 spiro atoms. The fourth-order valence-corrected chi connectivity index (χ4v) is 1.14. The van der Waals surface area contributed by atoms with E-state index in [0.717, 1.165) is 0 Å². The molecule has 0 aliphatic carbocycles. The van der Waals surface area contributed by atoms with Crippen LogP contribution in [0.4, 0.5) is 0 Å². The van der Waals surface area contributed by atoms with Crippen LogP contribution >= 0.6 is 8.69 Å². The lowest BCUT2D eigenvalue weighted by Gasteiger charge is -2.29.